The number of amides is 1. The van der Waals surface area contributed by atoms with Gasteiger partial charge in [0.15, 0.2) is 0 Å². The summed E-state index contributed by atoms with van der Waals surface area (Å²) in [6, 6.07) is 4.32. The van der Waals surface area contributed by atoms with Gasteiger partial charge in [-0.15, -0.1) is 0 Å². The SMILES string of the molecule is Cc1cc(CC(=O)N[C@H](c2ccc(F)cc2F)C2CC(O)C2)on1. The van der Waals surface area contributed by atoms with Crippen LogP contribution in [0.2, 0.25) is 0 Å². The largest absolute Gasteiger partial charge is 0.393 e. The zero-order valence-corrected chi connectivity index (χ0v) is 13.1. The van der Waals surface area contributed by atoms with Crippen molar-refractivity contribution >= 4 is 5.91 Å². The number of halogens is 2. The Hall–Kier alpha value is -2.28. The van der Waals surface area contributed by atoms with E-state index in [9.17, 15) is 18.7 Å². The molecular formula is C17H18F2N2O3. The molecule has 0 bridgehead atoms. The zero-order valence-electron chi connectivity index (χ0n) is 13.1. The van der Waals surface area contributed by atoms with E-state index >= 15 is 0 Å². The van der Waals surface area contributed by atoms with Crippen molar-refractivity contribution in [1.82, 2.24) is 10.5 Å². The highest BCUT2D eigenvalue weighted by Gasteiger charge is 2.37. The Morgan fingerprint density at radius 3 is 2.75 bits per heavy atom. The Morgan fingerprint density at radius 1 is 1.42 bits per heavy atom. The van der Waals surface area contributed by atoms with Crippen molar-refractivity contribution < 1.29 is 23.2 Å². The number of carbonyl (C=O) groups is 1. The molecule has 1 fully saturated rings. The molecule has 0 saturated heterocycles. The second-order valence-electron chi connectivity index (χ2n) is 6.21. The first kappa shape index (κ1) is 16.6. The number of aromatic nitrogens is 1. The maximum Gasteiger partial charge on any atom is 0.228 e. The lowest BCUT2D eigenvalue weighted by atomic mass is 9.75. The van der Waals surface area contributed by atoms with Gasteiger partial charge in [0.05, 0.1) is 24.3 Å². The number of rotatable bonds is 5. The molecule has 2 aromatic rings. The van der Waals surface area contributed by atoms with Crippen LogP contribution in [0.1, 0.15) is 35.9 Å². The van der Waals surface area contributed by atoms with Crippen molar-refractivity contribution in [3.05, 3.63) is 52.9 Å². The van der Waals surface area contributed by atoms with Crippen LogP contribution in [0.25, 0.3) is 0 Å². The highest BCUT2D eigenvalue weighted by molar-refractivity contribution is 5.78. The molecule has 128 valence electrons. The van der Waals surface area contributed by atoms with Gasteiger partial charge in [-0.2, -0.15) is 0 Å². The lowest BCUT2D eigenvalue weighted by Gasteiger charge is -2.38. The van der Waals surface area contributed by atoms with Crippen LogP contribution in [0.15, 0.2) is 28.8 Å². The van der Waals surface area contributed by atoms with Crippen LogP contribution in [-0.4, -0.2) is 22.3 Å². The molecule has 1 heterocycles. The normalized spacial score (nSPS) is 21.2. The van der Waals surface area contributed by atoms with Gasteiger partial charge in [0.2, 0.25) is 5.91 Å². The summed E-state index contributed by atoms with van der Waals surface area (Å²) in [5.74, 6) is -1.41. The highest BCUT2D eigenvalue weighted by atomic mass is 19.1. The number of carbonyl (C=O) groups excluding carboxylic acids is 1. The average Bonchev–Trinajstić information content (AvgIpc) is 2.87. The number of benzene rings is 1. The van der Waals surface area contributed by atoms with E-state index in [1.807, 2.05) is 0 Å². The van der Waals surface area contributed by atoms with E-state index in [1.54, 1.807) is 13.0 Å². The Labute approximate surface area is 137 Å². The standard InChI is InChI=1S/C17H18F2N2O3/c1-9-4-13(24-21-9)8-16(23)20-17(10-5-12(22)6-10)14-3-2-11(18)7-15(14)19/h2-4,7,10,12,17,22H,5-6,8H2,1H3,(H,20,23)/t10?,12?,17-/m0/s1. The molecule has 2 N–H and O–H groups in total. The zero-order chi connectivity index (χ0) is 17.3. The van der Waals surface area contributed by atoms with Gasteiger partial charge in [-0.25, -0.2) is 8.78 Å². The number of hydrogen-bond acceptors (Lipinski definition) is 4. The summed E-state index contributed by atoms with van der Waals surface area (Å²) >= 11 is 0. The third kappa shape index (κ3) is 3.62. The van der Waals surface area contributed by atoms with E-state index < -0.39 is 23.8 Å². The van der Waals surface area contributed by atoms with Crippen LogP contribution in [0.4, 0.5) is 8.78 Å². The molecule has 24 heavy (non-hydrogen) atoms. The molecule has 1 saturated carbocycles. The predicted octanol–water partition coefficient (Wildman–Crippen LogP) is 2.43. The molecule has 1 atom stereocenters. The summed E-state index contributed by atoms with van der Waals surface area (Å²) in [5.41, 5.74) is 0.886. The number of nitrogens with zero attached hydrogens (tertiary/aromatic N) is 1. The Kier molecular flexibility index (Phi) is 4.62. The third-order valence-electron chi connectivity index (χ3n) is 4.25. The molecular weight excluding hydrogens is 318 g/mol. The van der Waals surface area contributed by atoms with Crippen LogP contribution in [0.3, 0.4) is 0 Å². The molecule has 1 aromatic heterocycles. The summed E-state index contributed by atoms with van der Waals surface area (Å²) in [6.45, 7) is 1.75. The van der Waals surface area contributed by atoms with Gasteiger partial charge in [0.25, 0.3) is 0 Å². The lowest BCUT2D eigenvalue weighted by Crippen LogP contribution is -2.42. The summed E-state index contributed by atoms with van der Waals surface area (Å²) in [5, 5.41) is 16.0. The summed E-state index contributed by atoms with van der Waals surface area (Å²) < 4.78 is 32.3. The number of aryl methyl sites for hydroxylation is 1. The van der Waals surface area contributed by atoms with Crippen LogP contribution in [0, 0.1) is 24.5 Å². The Morgan fingerprint density at radius 2 is 2.17 bits per heavy atom. The molecule has 1 aromatic carbocycles. The van der Waals surface area contributed by atoms with E-state index in [1.165, 1.54) is 6.07 Å². The van der Waals surface area contributed by atoms with E-state index in [-0.39, 0.29) is 23.8 Å². The number of hydrogen-bond donors (Lipinski definition) is 2. The van der Waals surface area contributed by atoms with E-state index in [2.05, 4.69) is 10.5 Å². The molecule has 0 aliphatic heterocycles. The minimum Gasteiger partial charge on any atom is -0.393 e. The first-order chi connectivity index (χ1) is 11.4. The van der Waals surface area contributed by atoms with Crippen molar-refractivity contribution in [3.63, 3.8) is 0 Å². The average molecular weight is 336 g/mol. The molecule has 0 unspecified atom stereocenters. The molecule has 1 amide bonds. The minimum absolute atomic E-state index is 0.0184. The first-order valence-electron chi connectivity index (χ1n) is 7.77. The smallest absolute Gasteiger partial charge is 0.228 e. The van der Waals surface area contributed by atoms with Gasteiger partial charge < -0.3 is 14.9 Å². The monoisotopic (exact) mass is 336 g/mol. The number of nitrogens with one attached hydrogen (secondary N) is 1. The molecule has 1 aliphatic rings. The highest BCUT2D eigenvalue weighted by Crippen LogP contribution is 2.39. The van der Waals surface area contributed by atoms with Gasteiger partial charge in [0, 0.05) is 17.7 Å². The van der Waals surface area contributed by atoms with Gasteiger partial charge >= 0.3 is 0 Å². The molecule has 7 heteroatoms. The fourth-order valence-electron chi connectivity index (χ4n) is 2.99. The van der Waals surface area contributed by atoms with Crippen LogP contribution in [0.5, 0.6) is 0 Å². The van der Waals surface area contributed by atoms with Gasteiger partial charge in [-0.3, -0.25) is 4.79 Å². The van der Waals surface area contributed by atoms with Crippen molar-refractivity contribution in [2.75, 3.05) is 0 Å². The number of aliphatic hydroxyl groups is 1. The van der Waals surface area contributed by atoms with E-state index in [4.69, 9.17) is 4.52 Å². The maximum absolute atomic E-state index is 14.1. The van der Waals surface area contributed by atoms with Crippen LogP contribution >= 0.6 is 0 Å². The quantitative estimate of drug-likeness (QED) is 0.879. The lowest BCUT2D eigenvalue weighted by molar-refractivity contribution is -0.122. The summed E-state index contributed by atoms with van der Waals surface area (Å²) in [6.07, 6.45) is 0.455. The topological polar surface area (TPSA) is 75.4 Å². The number of aliphatic hydroxyl groups excluding tert-OH is 1. The maximum atomic E-state index is 14.1. The summed E-state index contributed by atoms with van der Waals surface area (Å²) in [4.78, 5) is 12.3. The fourth-order valence-corrected chi connectivity index (χ4v) is 2.99. The minimum atomic E-state index is -0.711. The first-order valence-corrected chi connectivity index (χ1v) is 7.77. The molecule has 0 spiro atoms. The van der Waals surface area contributed by atoms with E-state index in [0.29, 0.717) is 24.3 Å². The second-order valence-corrected chi connectivity index (χ2v) is 6.21. The molecule has 5 nitrogen and oxygen atoms in total. The van der Waals surface area contributed by atoms with Gasteiger partial charge in [-0.1, -0.05) is 11.2 Å². The van der Waals surface area contributed by atoms with E-state index in [0.717, 1.165) is 12.1 Å². The molecule has 1 aliphatic carbocycles. The van der Waals surface area contributed by atoms with Gasteiger partial charge in [0.1, 0.15) is 17.4 Å². The van der Waals surface area contributed by atoms with Crippen LogP contribution < -0.4 is 5.32 Å². The summed E-state index contributed by atoms with van der Waals surface area (Å²) in [7, 11) is 0. The third-order valence-corrected chi connectivity index (χ3v) is 4.25. The van der Waals surface area contributed by atoms with Crippen molar-refractivity contribution in [2.24, 2.45) is 5.92 Å². The van der Waals surface area contributed by atoms with Gasteiger partial charge in [-0.05, 0) is 31.7 Å². The Bertz CT molecular complexity index is 741. The predicted molar refractivity (Wildman–Crippen MR) is 80.9 cm³/mol. The molecule has 3 rings (SSSR count). The molecule has 0 radical (unpaired) electrons. The van der Waals surface area contributed by atoms with Crippen molar-refractivity contribution in [3.8, 4) is 0 Å². The van der Waals surface area contributed by atoms with Crippen LogP contribution in [-0.2, 0) is 11.2 Å². The Balaban J connectivity index is 1.76. The van der Waals surface area contributed by atoms with Crippen molar-refractivity contribution in [2.45, 2.75) is 38.3 Å². The second kappa shape index (κ2) is 6.68. The van der Waals surface area contributed by atoms with Crippen molar-refractivity contribution in [1.29, 1.82) is 0 Å². The fraction of sp³-hybridized carbons (Fsp3) is 0.412.